The third-order valence-corrected chi connectivity index (χ3v) is 6.97. The summed E-state index contributed by atoms with van der Waals surface area (Å²) in [7, 11) is 0. The third-order valence-electron chi connectivity index (χ3n) is 6.97. The molecule has 6 heteroatoms. The summed E-state index contributed by atoms with van der Waals surface area (Å²) >= 11 is 0. The van der Waals surface area contributed by atoms with Crippen molar-refractivity contribution in [2.24, 2.45) is 0 Å². The number of nitrogens with zero attached hydrogens (tertiary/aromatic N) is 1. The first-order valence-electron chi connectivity index (χ1n) is 13.2. The van der Waals surface area contributed by atoms with Gasteiger partial charge < -0.3 is 19.8 Å². The van der Waals surface area contributed by atoms with Gasteiger partial charge in [-0.05, 0) is 47.9 Å². The fourth-order valence-corrected chi connectivity index (χ4v) is 4.96. The average molecular weight is 498 g/mol. The minimum Gasteiger partial charge on any atom is -0.489 e. The molecule has 0 radical (unpaired) electrons. The lowest BCUT2D eigenvalue weighted by molar-refractivity contribution is -0.121. The van der Waals surface area contributed by atoms with Crippen molar-refractivity contribution < 1.29 is 14.3 Å². The molecule has 1 aliphatic rings. The van der Waals surface area contributed by atoms with Crippen molar-refractivity contribution in [2.45, 2.75) is 25.4 Å². The highest BCUT2D eigenvalue weighted by Crippen LogP contribution is 2.35. The number of ether oxygens (including phenoxy) is 2. The zero-order valence-electron chi connectivity index (χ0n) is 21.2. The highest BCUT2D eigenvalue weighted by molar-refractivity contribution is 5.86. The number of para-hydroxylation sites is 1. The van der Waals surface area contributed by atoms with Gasteiger partial charge in [-0.1, -0.05) is 60.7 Å². The number of H-pyrrole nitrogens is 1. The molecular formula is C31H35N3O3. The molecule has 6 nitrogen and oxygen atoms in total. The van der Waals surface area contributed by atoms with E-state index in [1.807, 2.05) is 48.7 Å². The summed E-state index contributed by atoms with van der Waals surface area (Å²) in [5, 5.41) is 4.30. The smallest absolute Gasteiger partial charge is 0.220 e. The lowest BCUT2D eigenvalue weighted by atomic mass is 9.88. The number of rotatable bonds is 11. The average Bonchev–Trinajstić information content (AvgIpc) is 3.38. The van der Waals surface area contributed by atoms with Crippen LogP contribution in [0.5, 0.6) is 5.75 Å². The SMILES string of the molecule is O=C(CC(c1cccc(OCc2ccccc2)c1)c1c[nH]c2ccccc12)NCCCN1CCOCC1. The van der Waals surface area contributed by atoms with Gasteiger partial charge in [-0.2, -0.15) is 0 Å². The maximum atomic E-state index is 13.1. The van der Waals surface area contributed by atoms with Crippen LogP contribution in [0.15, 0.2) is 85.1 Å². The molecule has 1 unspecified atom stereocenters. The van der Waals surface area contributed by atoms with Crippen LogP contribution < -0.4 is 10.1 Å². The zero-order valence-corrected chi connectivity index (χ0v) is 21.2. The monoisotopic (exact) mass is 497 g/mol. The topological polar surface area (TPSA) is 66.6 Å². The van der Waals surface area contributed by atoms with Crippen molar-refractivity contribution in [3.05, 3.63) is 102 Å². The van der Waals surface area contributed by atoms with Crippen molar-refractivity contribution in [1.29, 1.82) is 0 Å². The molecule has 0 saturated carbocycles. The Bertz CT molecular complexity index is 1280. The molecule has 192 valence electrons. The molecule has 4 aromatic rings. The summed E-state index contributed by atoms with van der Waals surface area (Å²) in [5.74, 6) is 0.778. The Kier molecular flexibility index (Phi) is 8.51. The number of nitrogens with one attached hydrogen (secondary N) is 2. The van der Waals surface area contributed by atoms with Crippen molar-refractivity contribution in [2.75, 3.05) is 39.4 Å². The van der Waals surface area contributed by atoms with Gasteiger partial charge in [-0.15, -0.1) is 0 Å². The van der Waals surface area contributed by atoms with Gasteiger partial charge in [0.2, 0.25) is 5.91 Å². The predicted octanol–water partition coefficient (Wildman–Crippen LogP) is 5.11. The highest BCUT2D eigenvalue weighted by Gasteiger charge is 2.22. The number of hydrogen-bond acceptors (Lipinski definition) is 4. The highest BCUT2D eigenvalue weighted by atomic mass is 16.5. The predicted molar refractivity (Wildman–Crippen MR) is 147 cm³/mol. The van der Waals surface area contributed by atoms with E-state index < -0.39 is 0 Å². The second kappa shape index (κ2) is 12.6. The molecule has 1 aliphatic heterocycles. The van der Waals surface area contributed by atoms with Crippen LogP contribution in [0.4, 0.5) is 0 Å². The summed E-state index contributed by atoms with van der Waals surface area (Å²) in [6, 6.07) is 26.6. The molecule has 1 aromatic heterocycles. The molecule has 0 aliphatic carbocycles. The maximum Gasteiger partial charge on any atom is 0.220 e. The zero-order chi connectivity index (χ0) is 25.3. The minimum absolute atomic E-state index is 0.0628. The summed E-state index contributed by atoms with van der Waals surface area (Å²) < 4.78 is 11.5. The number of aromatic nitrogens is 1. The number of aromatic amines is 1. The van der Waals surface area contributed by atoms with E-state index in [9.17, 15) is 4.79 Å². The van der Waals surface area contributed by atoms with Gasteiger partial charge in [-0.3, -0.25) is 9.69 Å². The molecule has 1 atom stereocenters. The van der Waals surface area contributed by atoms with Crippen molar-refractivity contribution in [3.8, 4) is 5.75 Å². The lowest BCUT2D eigenvalue weighted by Crippen LogP contribution is -2.38. The Morgan fingerprint density at radius 1 is 1.00 bits per heavy atom. The first-order valence-corrected chi connectivity index (χ1v) is 13.2. The van der Waals surface area contributed by atoms with E-state index in [0.29, 0.717) is 19.6 Å². The molecule has 2 N–H and O–H groups in total. The van der Waals surface area contributed by atoms with E-state index in [-0.39, 0.29) is 11.8 Å². The molecule has 1 fully saturated rings. The number of hydrogen-bond donors (Lipinski definition) is 2. The molecule has 1 saturated heterocycles. The fourth-order valence-electron chi connectivity index (χ4n) is 4.96. The Morgan fingerprint density at radius 3 is 2.68 bits per heavy atom. The maximum absolute atomic E-state index is 13.1. The van der Waals surface area contributed by atoms with E-state index >= 15 is 0 Å². The van der Waals surface area contributed by atoms with Gasteiger partial charge in [-0.25, -0.2) is 0 Å². The Morgan fingerprint density at radius 2 is 1.81 bits per heavy atom. The van der Waals surface area contributed by atoms with Crippen LogP contribution in [0.1, 0.15) is 35.4 Å². The number of carbonyl (C=O) groups is 1. The Balaban J connectivity index is 1.28. The van der Waals surface area contributed by atoms with Crippen molar-refractivity contribution in [1.82, 2.24) is 15.2 Å². The van der Waals surface area contributed by atoms with Gasteiger partial charge in [0.05, 0.1) is 13.2 Å². The standard InChI is InChI=1S/C31H35N3O3/c35-31(32-14-7-15-34-16-18-36-19-17-34)21-28(29-22-33-30-13-5-4-12-27(29)30)25-10-6-11-26(20-25)37-23-24-8-2-1-3-9-24/h1-6,8-13,20,22,28,33H,7,14-19,21,23H2,(H,32,35). The van der Waals surface area contributed by atoms with E-state index in [0.717, 1.165) is 72.6 Å². The summed E-state index contributed by atoms with van der Waals surface area (Å²) in [6.45, 7) is 5.71. The molecule has 0 spiro atoms. The second-order valence-electron chi connectivity index (χ2n) is 9.55. The summed E-state index contributed by atoms with van der Waals surface area (Å²) in [6.07, 6.45) is 3.35. The van der Waals surface area contributed by atoms with E-state index in [2.05, 4.69) is 51.6 Å². The van der Waals surface area contributed by atoms with Crippen LogP contribution in [0, 0.1) is 0 Å². The molecule has 2 heterocycles. The summed E-state index contributed by atoms with van der Waals surface area (Å²) in [5.41, 5.74) is 4.39. The van der Waals surface area contributed by atoms with Gasteiger partial charge >= 0.3 is 0 Å². The fraction of sp³-hybridized carbons (Fsp3) is 0.323. The molecule has 1 amide bonds. The van der Waals surface area contributed by atoms with Gasteiger partial charge in [0, 0.05) is 49.1 Å². The number of amides is 1. The Labute approximate surface area is 218 Å². The second-order valence-corrected chi connectivity index (χ2v) is 9.55. The van der Waals surface area contributed by atoms with Crippen LogP contribution >= 0.6 is 0 Å². The Hall–Kier alpha value is -3.61. The molecular weight excluding hydrogens is 462 g/mol. The van der Waals surface area contributed by atoms with E-state index in [4.69, 9.17) is 9.47 Å². The first-order chi connectivity index (χ1) is 18.3. The van der Waals surface area contributed by atoms with Crippen LogP contribution in [0.2, 0.25) is 0 Å². The van der Waals surface area contributed by atoms with E-state index in [1.165, 1.54) is 0 Å². The lowest BCUT2D eigenvalue weighted by Gasteiger charge is -2.26. The number of fused-ring (bicyclic) bond motifs is 1. The van der Waals surface area contributed by atoms with Crippen LogP contribution in [-0.4, -0.2) is 55.2 Å². The van der Waals surface area contributed by atoms with Gasteiger partial charge in [0.1, 0.15) is 12.4 Å². The number of carbonyl (C=O) groups excluding carboxylic acids is 1. The van der Waals surface area contributed by atoms with Crippen molar-refractivity contribution >= 4 is 16.8 Å². The first kappa shape index (κ1) is 25.1. The van der Waals surface area contributed by atoms with Crippen LogP contribution in [-0.2, 0) is 16.1 Å². The number of morpholine rings is 1. The molecule has 3 aromatic carbocycles. The normalized spacial score (nSPS) is 14.9. The molecule has 5 rings (SSSR count). The van der Waals surface area contributed by atoms with Crippen LogP contribution in [0.3, 0.4) is 0 Å². The molecule has 37 heavy (non-hydrogen) atoms. The number of benzene rings is 3. The molecule has 0 bridgehead atoms. The largest absolute Gasteiger partial charge is 0.489 e. The van der Waals surface area contributed by atoms with Crippen molar-refractivity contribution in [3.63, 3.8) is 0 Å². The summed E-state index contributed by atoms with van der Waals surface area (Å²) in [4.78, 5) is 18.9. The quantitative estimate of drug-likeness (QED) is 0.283. The third kappa shape index (κ3) is 6.79. The van der Waals surface area contributed by atoms with Crippen LogP contribution in [0.25, 0.3) is 10.9 Å². The van der Waals surface area contributed by atoms with E-state index in [1.54, 1.807) is 0 Å². The van der Waals surface area contributed by atoms with Gasteiger partial charge in [0.25, 0.3) is 0 Å². The van der Waals surface area contributed by atoms with Gasteiger partial charge in [0.15, 0.2) is 0 Å². The minimum atomic E-state index is -0.0873.